The van der Waals surface area contributed by atoms with E-state index in [1.807, 2.05) is 35.4 Å². The van der Waals surface area contributed by atoms with Crippen molar-refractivity contribution in [3.05, 3.63) is 35.0 Å². The number of H-pyrrole nitrogens is 1. The Morgan fingerprint density at radius 3 is 2.75 bits per heavy atom. The number of thiazole rings is 1. The molecule has 0 saturated carbocycles. The molecule has 2 N–H and O–H groups in total. The average Bonchev–Trinajstić information content (AvgIpc) is 3.44. The van der Waals surface area contributed by atoms with Crippen molar-refractivity contribution in [1.82, 2.24) is 25.0 Å². The van der Waals surface area contributed by atoms with Gasteiger partial charge in [0, 0.05) is 47.2 Å². The van der Waals surface area contributed by atoms with E-state index in [9.17, 15) is 4.79 Å². The Bertz CT molecular complexity index is 1030. The highest BCUT2D eigenvalue weighted by atomic mass is 32.1. The van der Waals surface area contributed by atoms with Gasteiger partial charge in [-0.15, -0.1) is 11.3 Å². The van der Waals surface area contributed by atoms with Gasteiger partial charge in [-0.25, -0.2) is 4.98 Å². The number of aromatic nitrogens is 3. The maximum Gasteiger partial charge on any atom is 0.290 e. The number of nitrogens with one attached hydrogen (secondary N) is 1. The van der Waals surface area contributed by atoms with Gasteiger partial charge in [-0.05, 0) is 38.6 Å². The molecule has 1 amide bonds. The van der Waals surface area contributed by atoms with Gasteiger partial charge in [0.2, 0.25) is 0 Å². The van der Waals surface area contributed by atoms with Gasteiger partial charge >= 0.3 is 0 Å². The molecule has 28 heavy (non-hydrogen) atoms. The van der Waals surface area contributed by atoms with Crippen LogP contribution in [0.2, 0.25) is 0 Å². The van der Waals surface area contributed by atoms with E-state index in [1.54, 1.807) is 11.3 Å². The van der Waals surface area contributed by atoms with E-state index >= 15 is 0 Å². The lowest BCUT2D eigenvalue weighted by Crippen LogP contribution is -2.47. The number of likely N-dealkylation sites (tertiary alicyclic amines) is 2. The summed E-state index contributed by atoms with van der Waals surface area (Å²) >= 11 is 1.62. The number of likely N-dealkylation sites (N-methyl/N-ethyl adjacent to an activating group) is 1. The van der Waals surface area contributed by atoms with E-state index < -0.39 is 0 Å². The minimum atomic E-state index is -0.250. The molecule has 4 heterocycles. The van der Waals surface area contributed by atoms with Crippen LogP contribution in [0.5, 0.6) is 0 Å². The number of fused-ring (bicyclic) bond motifs is 3. The summed E-state index contributed by atoms with van der Waals surface area (Å²) in [4.78, 5) is 30.3. The molecule has 5 rings (SSSR count). The molecule has 2 aromatic heterocycles. The molecule has 1 aromatic carbocycles. The van der Waals surface area contributed by atoms with Crippen LogP contribution in [0.1, 0.15) is 22.6 Å². The average molecular weight is 399 g/mol. The number of hydrogen-bond acceptors (Lipinski definition) is 6. The van der Waals surface area contributed by atoms with E-state index in [2.05, 4.69) is 27.1 Å². The van der Waals surface area contributed by atoms with Gasteiger partial charge in [0.15, 0.2) is 5.69 Å². The fourth-order valence-electron chi connectivity index (χ4n) is 4.05. The minimum absolute atomic E-state index is 0.0410. The summed E-state index contributed by atoms with van der Waals surface area (Å²) in [6.45, 7) is 3.51. The second-order valence-electron chi connectivity index (χ2n) is 7.17. The molecule has 8 nitrogen and oxygen atoms in total. The Morgan fingerprint density at radius 2 is 2.14 bits per heavy atom. The minimum Gasteiger partial charge on any atom is -0.483 e. The van der Waals surface area contributed by atoms with Gasteiger partial charge < -0.3 is 10.0 Å². The first-order valence-corrected chi connectivity index (χ1v) is 9.89. The number of aryl methyl sites for hydroxylation is 1. The molecule has 2 aliphatic rings. The molecule has 2 saturated heterocycles. The SMILES string of the molecule is Cc1csc(-c2ccc3[nH]nc(C(=O)N4C[C@@H]5C[C@H]4CN5C)c3c2)n1.O=CO. The Labute approximate surface area is 165 Å². The van der Waals surface area contributed by atoms with E-state index in [4.69, 9.17) is 9.90 Å². The summed E-state index contributed by atoms with van der Waals surface area (Å²) in [5, 5.41) is 18.1. The summed E-state index contributed by atoms with van der Waals surface area (Å²) < 4.78 is 0. The highest BCUT2D eigenvalue weighted by molar-refractivity contribution is 7.13. The third kappa shape index (κ3) is 3.16. The Balaban J connectivity index is 0.000000604. The number of carbonyl (C=O) groups is 2. The third-order valence-electron chi connectivity index (χ3n) is 5.41. The summed E-state index contributed by atoms with van der Waals surface area (Å²) in [7, 11) is 2.14. The molecule has 9 heteroatoms. The van der Waals surface area contributed by atoms with Crippen molar-refractivity contribution >= 4 is 34.6 Å². The number of carboxylic acid groups (broad SMARTS) is 1. The van der Waals surface area contributed by atoms with Crippen molar-refractivity contribution in [2.24, 2.45) is 0 Å². The molecule has 0 unspecified atom stereocenters. The zero-order valence-corrected chi connectivity index (χ0v) is 16.4. The van der Waals surface area contributed by atoms with Crippen molar-refractivity contribution in [2.45, 2.75) is 25.4 Å². The standard InChI is InChI=1S/C18H19N5OS.CH2O2/c1-10-9-25-17(19-10)11-3-4-15-14(5-11)16(21-20-15)18(24)23-8-12-6-13(23)7-22(12)2;2-1-3/h3-5,9,12-13H,6-8H2,1-2H3,(H,20,21);1H,(H,2,3)/t12-,13-;/m0./s1. The maximum absolute atomic E-state index is 13.1. The largest absolute Gasteiger partial charge is 0.483 e. The van der Waals surface area contributed by atoms with Gasteiger partial charge in [0.25, 0.3) is 12.4 Å². The van der Waals surface area contributed by atoms with Gasteiger partial charge in [0.1, 0.15) is 5.01 Å². The number of benzene rings is 1. The molecule has 0 radical (unpaired) electrons. The molecular formula is C19H21N5O3S. The summed E-state index contributed by atoms with van der Waals surface area (Å²) in [6.07, 6.45) is 1.08. The Hall–Kier alpha value is -2.78. The van der Waals surface area contributed by atoms with E-state index in [1.165, 1.54) is 0 Å². The first-order chi connectivity index (χ1) is 13.5. The van der Waals surface area contributed by atoms with Crippen LogP contribution in [-0.4, -0.2) is 74.7 Å². The highest BCUT2D eigenvalue weighted by Crippen LogP contribution is 2.32. The molecule has 2 bridgehead atoms. The van der Waals surface area contributed by atoms with Crippen LogP contribution >= 0.6 is 11.3 Å². The summed E-state index contributed by atoms with van der Waals surface area (Å²) in [5.74, 6) is 0.0410. The Morgan fingerprint density at radius 1 is 1.36 bits per heavy atom. The predicted molar refractivity (Wildman–Crippen MR) is 106 cm³/mol. The van der Waals surface area contributed by atoms with Crippen LogP contribution in [0.3, 0.4) is 0 Å². The van der Waals surface area contributed by atoms with Crippen LogP contribution in [0.25, 0.3) is 21.5 Å². The van der Waals surface area contributed by atoms with Gasteiger partial charge in [-0.1, -0.05) is 0 Å². The van der Waals surface area contributed by atoms with Crippen LogP contribution in [0, 0.1) is 6.92 Å². The number of rotatable bonds is 2. The van der Waals surface area contributed by atoms with Crippen molar-refractivity contribution in [3.8, 4) is 10.6 Å². The number of aromatic amines is 1. The molecule has 2 atom stereocenters. The fourth-order valence-corrected chi connectivity index (χ4v) is 4.84. The second-order valence-corrected chi connectivity index (χ2v) is 8.03. The van der Waals surface area contributed by atoms with Crippen molar-refractivity contribution in [1.29, 1.82) is 0 Å². The predicted octanol–water partition coefficient (Wildman–Crippen LogP) is 2.22. The smallest absolute Gasteiger partial charge is 0.290 e. The first-order valence-electron chi connectivity index (χ1n) is 9.01. The van der Waals surface area contributed by atoms with Crippen LogP contribution in [0.15, 0.2) is 23.6 Å². The molecular weight excluding hydrogens is 378 g/mol. The monoisotopic (exact) mass is 399 g/mol. The van der Waals surface area contributed by atoms with E-state index in [-0.39, 0.29) is 12.4 Å². The van der Waals surface area contributed by atoms with Gasteiger partial charge in [-0.2, -0.15) is 5.10 Å². The quantitative estimate of drug-likeness (QED) is 0.641. The topological polar surface area (TPSA) is 102 Å². The zero-order chi connectivity index (χ0) is 19.8. The van der Waals surface area contributed by atoms with Crippen molar-refractivity contribution < 1.29 is 14.7 Å². The lowest BCUT2D eigenvalue weighted by atomic mass is 10.1. The third-order valence-corrected chi connectivity index (χ3v) is 6.42. The van der Waals surface area contributed by atoms with Crippen LogP contribution < -0.4 is 0 Å². The van der Waals surface area contributed by atoms with Gasteiger partial charge in [-0.3, -0.25) is 19.6 Å². The van der Waals surface area contributed by atoms with Crippen molar-refractivity contribution in [2.75, 3.05) is 20.1 Å². The fraction of sp³-hybridized carbons (Fsp3) is 0.368. The van der Waals surface area contributed by atoms with Crippen molar-refractivity contribution in [3.63, 3.8) is 0 Å². The zero-order valence-electron chi connectivity index (χ0n) is 15.6. The number of carbonyl (C=O) groups excluding carboxylic acids is 1. The molecule has 2 aliphatic heterocycles. The number of amides is 1. The summed E-state index contributed by atoms with van der Waals surface area (Å²) in [5.41, 5.74) is 3.46. The molecule has 146 valence electrons. The number of piperazine rings is 1. The van der Waals surface area contributed by atoms with Gasteiger partial charge in [0.05, 0.1) is 5.52 Å². The first kappa shape index (κ1) is 18.6. The number of nitrogens with zero attached hydrogens (tertiary/aromatic N) is 4. The maximum atomic E-state index is 13.1. The van der Waals surface area contributed by atoms with E-state index in [0.29, 0.717) is 17.8 Å². The van der Waals surface area contributed by atoms with Crippen LogP contribution in [-0.2, 0) is 4.79 Å². The highest BCUT2D eigenvalue weighted by Gasteiger charge is 2.44. The second kappa shape index (κ2) is 7.33. The molecule has 0 spiro atoms. The summed E-state index contributed by atoms with van der Waals surface area (Å²) in [6, 6.07) is 6.85. The van der Waals surface area contributed by atoms with E-state index in [0.717, 1.165) is 46.7 Å². The molecule has 2 fully saturated rings. The lowest BCUT2D eigenvalue weighted by Gasteiger charge is -2.31. The number of hydrogen-bond donors (Lipinski definition) is 2. The normalized spacial score (nSPS) is 21.0. The molecule has 3 aromatic rings. The Kier molecular flexibility index (Phi) is 4.86. The molecule has 0 aliphatic carbocycles. The lowest BCUT2D eigenvalue weighted by molar-refractivity contribution is -0.122. The van der Waals surface area contributed by atoms with Crippen LogP contribution in [0.4, 0.5) is 0 Å².